The fourth-order valence-electron chi connectivity index (χ4n) is 10.9. The molecule has 13 heteroatoms. The van der Waals surface area contributed by atoms with Gasteiger partial charge in [-0.3, -0.25) is 28.9 Å². The molecule has 1 fully saturated rings. The number of hydrogen-bond acceptors (Lipinski definition) is 8. The van der Waals surface area contributed by atoms with Crippen LogP contribution in [0.3, 0.4) is 0 Å². The van der Waals surface area contributed by atoms with Gasteiger partial charge in [0.15, 0.2) is 13.9 Å². The largest absolute Gasteiger partial charge is 0.432 e. The molecule has 5 heterocycles. The van der Waals surface area contributed by atoms with E-state index in [0.29, 0.717) is 61.3 Å². The molecule has 64 heavy (non-hydrogen) atoms. The Hall–Kier alpha value is -6.25. The molecule has 6 aromatic rings. The van der Waals surface area contributed by atoms with Crippen LogP contribution in [0.5, 0.6) is 0 Å². The number of nitrogens with zero attached hydrogens (tertiary/aromatic N) is 6. The second-order valence-electron chi connectivity index (χ2n) is 18.2. The maximum Gasteiger partial charge on any atom is 0.264 e. The molecule has 4 aliphatic rings. The third-order valence-electron chi connectivity index (χ3n) is 13.9. The van der Waals surface area contributed by atoms with Crippen LogP contribution >= 0.6 is 0 Å². The van der Waals surface area contributed by atoms with E-state index in [2.05, 4.69) is 22.4 Å². The number of aliphatic hydroxyl groups is 1. The smallest absolute Gasteiger partial charge is 0.264 e. The zero-order valence-electron chi connectivity index (χ0n) is 36.3. The highest BCUT2D eigenvalue weighted by atomic mass is 28.4. The van der Waals surface area contributed by atoms with Crippen LogP contribution in [0.4, 0.5) is 28.4 Å². The van der Waals surface area contributed by atoms with Crippen molar-refractivity contribution < 1.29 is 29.0 Å². The Balaban J connectivity index is 1.00. The average Bonchev–Trinajstić information content (AvgIpc) is 3.96. The molecule has 10 rings (SSSR count). The van der Waals surface area contributed by atoms with Gasteiger partial charge in [0.1, 0.15) is 0 Å². The van der Waals surface area contributed by atoms with Crippen molar-refractivity contribution in [3.8, 4) is 0 Å². The third-order valence-corrected chi connectivity index (χ3v) is 16.4. The van der Waals surface area contributed by atoms with E-state index in [4.69, 9.17) is 4.74 Å². The Morgan fingerprint density at radius 2 is 1.38 bits per heavy atom. The number of carbonyl (C=O) groups is 3. The summed E-state index contributed by atoms with van der Waals surface area (Å²) in [5, 5.41) is 19.2. The number of ether oxygens (including phenoxy) is 1. The van der Waals surface area contributed by atoms with Crippen molar-refractivity contribution in [3.63, 3.8) is 0 Å². The maximum atomic E-state index is 15.5. The first-order valence-corrected chi connectivity index (χ1v) is 25.3. The van der Waals surface area contributed by atoms with Gasteiger partial charge in [-0.15, -0.1) is 5.10 Å². The number of aromatic nitrogens is 3. The van der Waals surface area contributed by atoms with Gasteiger partial charge >= 0.3 is 0 Å². The van der Waals surface area contributed by atoms with Crippen molar-refractivity contribution in [3.05, 3.63) is 161 Å². The van der Waals surface area contributed by atoms with Crippen LogP contribution in [-0.4, -0.2) is 63.6 Å². The first-order valence-electron chi connectivity index (χ1n) is 22.3. The number of anilines is 5. The van der Waals surface area contributed by atoms with Gasteiger partial charge in [-0.25, -0.2) is 0 Å². The quantitative estimate of drug-likeness (QED) is 0.125. The number of para-hydroxylation sites is 2. The highest BCUT2D eigenvalue weighted by Gasteiger charge is 2.66. The van der Waals surface area contributed by atoms with E-state index in [-0.39, 0.29) is 42.3 Å². The third kappa shape index (κ3) is 7.07. The van der Waals surface area contributed by atoms with Gasteiger partial charge in [-0.2, -0.15) is 0 Å². The van der Waals surface area contributed by atoms with Crippen LogP contribution in [0, 0.1) is 5.92 Å². The Kier molecular flexibility index (Phi) is 10.7. The lowest BCUT2D eigenvalue weighted by Crippen LogP contribution is -2.46. The van der Waals surface area contributed by atoms with Crippen LogP contribution in [0.25, 0.3) is 0 Å². The summed E-state index contributed by atoms with van der Waals surface area (Å²) in [5.41, 5.74) is 7.37. The number of hydrogen-bond donors (Lipinski definition) is 2. The summed E-state index contributed by atoms with van der Waals surface area (Å²) in [6, 6.07) is 39.3. The van der Waals surface area contributed by atoms with E-state index in [1.807, 2.05) is 135 Å². The Bertz CT molecular complexity index is 2750. The molecule has 3 amide bonds. The number of benzene rings is 5. The van der Waals surface area contributed by atoms with Gasteiger partial charge in [0.25, 0.3) is 5.91 Å². The molecule has 1 unspecified atom stereocenters. The molecule has 1 spiro atoms. The molecule has 5 aromatic carbocycles. The summed E-state index contributed by atoms with van der Waals surface area (Å²) in [4.78, 5) is 60.0. The van der Waals surface area contributed by atoms with E-state index < -0.39 is 25.9 Å². The second kappa shape index (κ2) is 16.4. The second-order valence-corrected chi connectivity index (χ2v) is 22.1. The normalized spacial score (nSPS) is 22.2. The summed E-state index contributed by atoms with van der Waals surface area (Å²) in [7, 11) is -3.02. The number of aliphatic hydroxyl groups excluding tert-OH is 1. The summed E-state index contributed by atoms with van der Waals surface area (Å²) in [6.45, 7) is 6.38. The Morgan fingerprint density at radius 1 is 0.766 bits per heavy atom. The molecule has 4 aliphatic heterocycles. The topological polar surface area (TPSA) is 141 Å². The maximum absolute atomic E-state index is 15.5. The SMILES string of the molecule is C[C@H]1[C@H]([Si](C)(C)O)[C@@H](CCn2cc(C(CO)c3ccccc3)nn2)O[C@]12C(=O)N(Cc1ccc(N3C(=O)CCc4ccccc43)cc1)c1ccc(N3C(=O)CCc4ccccc43)cc12. The number of fused-ring (bicyclic) bond motifs is 4. The average molecular weight is 873 g/mol. The van der Waals surface area contributed by atoms with E-state index >= 15 is 4.79 Å². The van der Waals surface area contributed by atoms with Gasteiger partial charge in [0.05, 0.1) is 47.9 Å². The van der Waals surface area contributed by atoms with E-state index in [1.165, 1.54) is 0 Å². The lowest BCUT2D eigenvalue weighted by molar-refractivity contribution is -0.146. The Morgan fingerprint density at radius 3 is 2.02 bits per heavy atom. The van der Waals surface area contributed by atoms with Crippen molar-refractivity contribution in [2.45, 2.75) is 88.4 Å². The molecular formula is C51H52N6O6Si. The molecule has 5 atom stereocenters. The summed E-state index contributed by atoms with van der Waals surface area (Å²) in [5.74, 6) is -0.962. The molecule has 1 saturated heterocycles. The van der Waals surface area contributed by atoms with Gasteiger partial charge in [-0.1, -0.05) is 91.0 Å². The standard InChI is InChI=1S/C51H52N6O6Si/c1-33-49(64(2,3)62)46(27-28-54-31-42(52-53-54)40(32-58)35-11-5-4-6-12-35)63-51(33)41-29-39(57-44-16-10-8-14-37(44)20-26-48(57)60)23-24-45(41)55(50(51)61)30-34-17-21-38(22-18-34)56-43-15-9-7-13-36(43)19-25-47(56)59/h4-18,21-24,29,31,33,40,46,49,58,62H,19-20,25-28,30,32H2,1-3H3/t33-,40?,46+,49-,51+/m0/s1. The number of amides is 3. The van der Waals surface area contributed by atoms with Crippen molar-refractivity contribution >= 4 is 54.5 Å². The molecular weight excluding hydrogens is 821 g/mol. The van der Waals surface area contributed by atoms with Crippen molar-refractivity contribution in [2.24, 2.45) is 5.92 Å². The van der Waals surface area contributed by atoms with Crippen LogP contribution < -0.4 is 14.7 Å². The summed E-state index contributed by atoms with van der Waals surface area (Å²) < 4.78 is 9.00. The molecule has 12 nitrogen and oxygen atoms in total. The van der Waals surface area contributed by atoms with E-state index in [9.17, 15) is 19.5 Å². The van der Waals surface area contributed by atoms with E-state index in [0.717, 1.165) is 39.3 Å². The highest BCUT2D eigenvalue weighted by molar-refractivity contribution is 6.71. The number of carbonyl (C=O) groups excluding carboxylic acids is 3. The number of rotatable bonds is 11. The summed E-state index contributed by atoms with van der Waals surface area (Å²) in [6.07, 6.45) is 3.95. The van der Waals surface area contributed by atoms with Crippen LogP contribution in [0.2, 0.25) is 18.6 Å². The van der Waals surface area contributed by atoms with Crippen LogP contribution in [0.15, 0.2) is 128 Å². The van der Waals surface area contributed by atoms with Crippen molar-refractivity contribution in [2.75, 3.05) is 21.3 Å². The molecule has 0 radical (unpaired) electrons. The molecule has 0 aliphatic carbocycles. The molecule has 1 aromatic heterocycles. The van der Waals surface area contributed by atoms with Gasteiger partial charge < -0.3 is 19.5 Å². The minimum Gasteiger partial charge on any atom is -0.432 e. The molecule has 0 saturated carbocycles. The monoisotopic (exact) mass is 872 g/mol. The van der Waals surface area contributed by atoms with Crippen LogP contribution in [0.1, 0.15) is 65.6 Å². The molecule has 326 valence electrons. The lowest BCUT2D eigenvalue weighted by atomic mass is 9.82. The zero-order chi connectivity index (χ0) is 44.3. The van der Waals surface area contributed by atoms with E-state index in [1.54, 1.807) is 19.4 Å². The first kappa shape index (κ1) is 41.7. The fraction of sp³-hybridized carbons (Fsp3) is 0.314. The predicted molar refractivity (Wildman–Crippen MR) is 247 cm³/mol. The molecule has 0 bridgehead atoms. The fourth-order valence-corrected chi connectivity index (χ4v) is 13.5. The van der Waals surface area contributed by atoms with Crippen LogP contribution in [-0.2, 0) is 50.7 Å². The predicted octanol–water partition coefficient (Wildman–Crippen LogP) is 8.06. The van der Waals surface area contributed by atoms with Gasteiger partial charge in [0.2, 0.25) is 11.8 Å². The van der Waals surface area contributed by atoms with Crippen molar-refractivity contribution in [1.29, 1.82) is 0 Å². The minimum atomic E-state index is -3.02. The number of aryl methyl sites for hydroxylation is 3. The molecule has 2 N–H and O–H groups in total. The highest BCUT2D eigenvalue weighted by Crippen LogP contribution is 2.60. The summed E-state index contributed by atoms with van der Waals surface area (Å²) >= 11 is 0. The van der Waals surface area contributed by atoms with Gasteiger partial charge in [0, 0.05) is 54.0 Å². The minimum absolute atomic E-state index is 0.0216. The first-order chi connectivity index (χ1) is 31.0. The lowest BCUT2D eigenvalue weighted by Gasteiger charge is -2.33. The van der Waals surface area contributed by atoms with Gasteiger partial charge in [-0.05, 0) is 97.1 Å². The Labute approximate surface area is 373 Å². The zero-order valence-corrected chi connectivity index (χ0v) is 37.3. The van der Waals surface area contributed by atoms with Crippen molar-refractivity contribution in [1.82, 2.24) is 15.0 Å².